The molecule has 0 aliphatic carbocycles. The normalized spacial score (nSPS) is 10.9. The van der Waals surface area contributed by atoms with E-state index in [0.29, 0.717) is 11.5 Å². The van der Waals surface area contributed by atoms with Gasteiger partial charge in [-0.1, -0.05) is 28.1 Å². The Labute approximate surface area is 136 Å². The van der Waals surface area contributed by atoms with Crippen molar-refractivity contribution in [3.63, 3.8) is 0 Å². The van der Waals surface area contributed by atoms with Crippen LogP contribution in [0.15, 0.2) is 41.0 Å². The zero-order chi connectivity index (χ0) is 15.7. The van der Waals surface area contributed by atoms with Crippen LogP contribution in [0.2, 0.25) is 0 Å². The predicted octanol–water partition coefficient (Wildman–Crippen LogP) is 4.11. The van der Waals surface area contributed by atoms with Crippen LogP contribution in [0.1, 0.15) is 5.56 Å². The van der Waals surface area contributed by atoms with Gasteiger partial charge in [0.25, 0.3) is 0 Å². The average Bonchev–Trinajstić information content (AvgIpc) is 2.98. The molecule has 0 saturated carbocycles. The lowest BCUT2D eigenvalue weighted by Crippen LogP contribution is -1.96. The lowest BCUT2D eigenvalue weighted by Gasteiger charge is -2.12. The molecule has 0 atom stereocenters. The van der Waals surface area contributed by atoms with E-state index in [1.807, 2.05) is 36.5 Å². The minimum absolute atomic E-state index is 0.107. The first-order valence-electron chi connectivity index (χ1n) is 6.81. The summed E-state index contributed by atoms with van der Waals surface area (Å²) in [6.07, 6.45) is 1.93. The summed E-state index contributed by atoms with van der Waals surface area (Å²) < 4.78 is 11.9. The Bertz CT molecular complexity index is 809. The lowest BCUT2D eigenvalue weighted by molar-refractivity contribution is 0.275. The molecule has 4 nitrogen and oxygen atoms in total. The summed E-state index contributed by atoms with van der Waals surface area (Å²) in [7, 11) is 3.21. The van der Waals surface area contributed by atoms with E-state index in [2.05, 4.69) is 20.9 Å². The van der Waals surface area contributed by atoms with Gasteiger partial charge in [-0.3, -0.25) is 0 Å². The zero-order valence-corrected chi connectivity index (χ0v) is 13.9. The van der Waals surface area contributed by atoms with Crippen molar-refractivity contribution in [2.45, 2.75) is 6.61 Å². The maximum Gasteiger partial charge on any atom is 0.132 e. The number of aromatic nitrogens is 1. The Morgan fingerprint density at radius 3 is 2.36 bits per heavy atom. The smallest absolute Gasteiger partial charge is 0.132 e. The fourth-order valence-corrected chi connectivity index (χ4v) is 2.94. The summed E-state index contributed by atoms with van der Waals surface area (Å²) in [5, 5.41) is 10.6. The molecule has 0 radical (unpaired) electrons. The van der Waals surface area contributed by atoms with Gasteiger partial charge in [-0.15, -0.1) is 0 Å². The standard InChI is InChI=1S/C17H16BrNO3/c1-21-14-7-15(22-2)16-12(8-19-17(16)13(14)9-20)10-3-5-11(18)6-4-10/h3-8,19-20H,9H2,1-2H3. The number of H-pyrrole nitrogens is 1. The molecule has 0 aliphatic rings. The zero-order valence-electron chi connectivity index (χ0n) is 12.3. The largest absolute Gasteiger partial charge is 0.496 e. The summed E-state index contributed by atoms with van der Waals surface area (Å²) in [4.78, 5) is 3.24. The van der Waals surface area contributed by atoms with Crippen LogP contribution >= 0.6 is 15.9 Å². The fraction of sp³-hybridized carbons (Fsp3) is 0.176. The van der Waals surface area contributed by atoms with Crippen LogP contribution in [0.5, 0.6) is 11.5 Å². The number of benzene rings is 2. The van der Waals surface area contributed by atoms with Gasteiger partial charge in [0.05, 0.1) is 26.3 Å². The first-order chi connectivity index (χ1) is 10.7. The Morgan fingerprint density at radius 2 is 1.77 bits per heavy atom. The summed E-state index contributed by atoms with van der Waals surface area (Å²) in [5.41, 5.74) is 3.65. The molecule has 0 bridgehead atoms. The fourth-order valence-electron chi connectivity index (χ4n) is 2.68. The predicted molar refractivity (Wildman–Crippen MR) is 90.5 cm³/mol. The van der Waals surface area contributed by atoms with Crippen LogP contribution in [-0.4, -0.2) is 24.3 Å². The van der Waals surface area contributed by atoms with E-state index < -0.39 is 0 Å². The molecule has 2 N–H and O–H groups in total. The van der Waals surface area contributed by atoms with Crippen molar-refractivity contribution in [2.24, 2.45) is 0 Å². The third-order valence-electron chi connectivity index (χ3n) is 3.74. The van der Waals surface area contributed by atoms with Gasteiger partial charge in [0, 0.05) is 33.2 Å². The first-order valence-corrected chi connectivity index (χ1v) is 7.60. The van der Waals surface area contributed by atoms with E-state index in [-0.39, 0.29) is 6.61 Å². The van der Waals surface area contributed by atoms with Gasteiger partial charge < -0.3 is 19.6 Å². The Balaban J connectivity index is 2.31. The van der Waals surface area contributed by atoms with Crippen molar-refractivity contribution >= 4 is 26.8 Å². The second kappa shape index (κ2) is 6.02. The molecule has 1 aromatic heterocycles. The molecule has 0 spiro atoms. The Kier molecular flexibility index (Phi) is 4.09. The van der Waals surface area contributed by atoms with Crippen LogP contribution in [0.25, 0.3) is 22.0 Å². The minimum Gasteiger partial charge on any atom is -0.496 e. The maximum absolute atomic E-state index is 9.68. The highest BCUT2D eigenvalue weighted by Crippen LogP contribution is 2.41. The second-order valence-electron chi connectivity index (χ2n) is 4.88. The summed E-state index contributed by atoms with van der Waals surface area (Å²) >= 11 is 3.45. The van der Waals surface area contributed by atoms with Crippen LogP contribution in [0.3, 0.4) is 0 Å². The molecule has 22 heavy (non-hydrogen) atoms. The molecule has 0 unspecified atom stereocenters. The number of ether oxygens (including phenoxy) is 2. The van der Waals surface area contributed by atoms with E-state index >= 15 is 0 Å². The number of aliphatic hydroxyl groups is 1. The van der Waals surface area contributed by atoms with Crippen LogP contribution in [-0.2, 0) is 6.61 Å². The number of nitrogens with one attached hydrogen (secondary N) is 1. The van der Waals surface area contributed by atoms with Gasteiger partial charge in [-0.05, 0) is 17.7 Å². The van der Waals surface area contributed by atoms with Crippen LogP contribution < -0.4 is 9.47 Å². The average molecular weight is 362 g/mol. The van der Waals surface area contributed by atoms with E-state index in [0.717, 1.165) is 32.1 Å². The topological polar surface area (TPSA) is 54.5 Å². The monoisotopic (exact) mass is 361 g/mol. The molecular weight excluding hydrogens is 346 g/mol. The number of hydrogen-bond acceptors (Lipinski definition) is 3. The van der Waals surface area contributed by atoms with E-state index in [1.165, 1.54) is 0 Å². The number of fused-ring (bicyclic) bond motifs is 1. The molecule has 0 saturated heterocycles. The third kappa shape index (κ3) is 2.36. The summed E-state index contributed by atoms with van der Waals surface area (Å²) in [5.74, 6) is 1.32. The number of aromatic amines is 1. The highest BCUT2D eigenvalue weighted by Gasteiger charge is 2.18. The van der Waals surface area contributed by atoms with Crippen molar-refractivity contribution in [3.8, 4) is 22.6 Å². The molecular formula is C17H16BrNO3. The molecule has 0 amide bonds. The maximum atomic E-state index is 9.68. The van der Waals surface area contributed by atoms with Gasteiger partial charge in [0.2, 0.25) is 0 Å². The second-order valence-corrected chi connectivity index (χ2v) is 5.79. The highest BCUT2D eigenvalue weighted by atomic mass is 79.9. The quantitative estimate of drug-likeness (QED) is 0.735. The van der Waals surface area contributed by atoms with Gasteiger partial charge >= 0.3 is 0 Å². The SMILES string of the molecule is COc1cc(OC)c2c(-c3ccc(Br)cc3)c[nH]c2c1CO. The van der Waals surface area contributed by atoms with Gasteiger partial charge in [0.15, 0.2) is 0 Å². The first kappa shape index (κ1) is 14.9. The van der Waals surface area contributed by atoms with Crippen molar-refractivity contribution in [1.82, 2.24) is 4.98 Å². The molecule has 114 valence electrons. The Morgan fingerprint density at radius 1 is 1.09 bits per heavy atom. The molecule has 3 aromatic rings. The molecule has 0 aliphatic heterocycles. The van der Waals surface area contributed by atoms with E-state index in [9.17, 15) is 5.11 Å². The number of hydrogen-bond donors (Lipinski definition) is 2. The molecule has 3 rings (SSSR count). The van der Waals surface area contributed by atoms with Crippen molar-refractivity contribution in [3.05, 3.63) is 46.6 Å². The minimum atomic E-state index is -0.107. The third-order valence-corrected chi connectivity index (χ3v) is 4.27. The van der Waals surface area contributed by atoms with Gasteiger partial charge in [-0.25, -0.2) is 0 Å². The summed E-state index contributed by atoms with van der Waals surface area (Å²) in [6.45, 7) is -0.107. The van der Waals surface area contributed by atoms with Crippen LogP contribution in [0.4, 0.5) is 0 Å². The van der Waals surface area contributed by atoms with Crippen LogP contribution in [0, 0.1) is 0 Å². The number of rotatable bonds is 4. The van der Waals surface area contributed by atoms with E-state index in [4.69, 9.17) is 9.47 Å². The van der Waals surface area contributed by atoms with Crippen molar-refractivity contribution < 1.29 is 14.6 Å². The lowest BCUT2D eigenvalue weighted by atomic mass is 10.0. The molecule has 0 fully saturated rings. The molecule has 1 heterocycles. The van der Waals surface area contributed by atoms with Crippen molar-refractivity contribution in [1.29, 1.82) is 0 Å². The Hall–Kier alpha value is -1.98. The molecule has 2 aromatic carbocycles. The number of methoxy groups -OCH3 is 2. The highest BCUT2D eigenvalue weighted by molar-refractivity contribution is 9.10. The van der Waals surface area contributed by atoms with Crippen molar-refractivity contribution in [2.75, 3.05) is 14.2 Å². The number of halogens is 1. The molecule has 5 heteroatoms. The van der Waals surface area contributed by atoms with E-state index in [1.54, 1.807) is 14.2 Å². The van der Waals surface area contributed by atoms with Gasteiger partial charge in [-0.2, -0.15) is 0 Å². The number of aliphatic hydroxyl groups excluding tert-OH is 1. The van der Waals surface area contributed by atoms with Gasteiger partial charge in [0.1, 0.15) is 11.5 Å². The summed E-state index contributed by atoms with van der Waals surface area (Å²) in [6, 6.07) is 9.88.